The van der Waals surface area contributed by atoms with Gasteiger partial charge in [0.1, 0.15) is 11.5 Å². The van der Waals surface area contributed by atoms with Crippen LogP contribution < -0.4 is 20.1 Å². The van der Waals surface area contributed by atoms with E-state index in [1.165, 1.54) is 12.8 Å². The third-order valence-electron chi connectivity index (χ3n) is 3.99. The SMILES string of the molecule is CCCC1CC(N)CN(c2cc(OC)ccc2OC)C1. The molecular weight excluding hydrogens is 252 g/mol. The number of methoxy groups -OCH3 is 2. The molecule has 0 bridgehead atoms. The fraction of sp³-hybridized carbons (Fsp3) is 0.625. The lowest BCUT2D eigenvalue weighted by atomic mass is 9.90. The molecule has 4 nitrogen and oxygen atoms in total. The maximum atomic E-state index is 6.23. The van der Waals surface area contributed by atoms with Gasteiger partial charge >= 0.3 is 0 Å². The molecule has 1 fully saturated rings. The summed E-state index contributed by atoms with van der Waals surface area (Å²) in [6, 6.07) is 6.16. The molecule has 4 heteroatoms. The van der Waals surface area contributed by atoms with Crippen LogP contribution in [0.4, 0.5) is 5.69 Å². The zero-order valence-corrected chi connectivity index (χ0v) is 12.8. The van der Waals surface area contributed by atoms with E-state index < -0.39 is 0 Å². The van der Waals surface area contributed by atoms with Gasteiger partial charge < -0.3 is 20.1 Å². The van der Waals surface area contributed by atoms with Crippen molar-refractivity contribution in [1.29, 1.82) is 0 Å². The molecule has 20 heavy (non-hydrogen) atoms. The highest BCUT2D eigenvalue weighted by Crippen LogP contribution is 2.35. The van der Waals surface area contributed by atoms with Crippen LogP contribution in [0.15, 0.2) is 18.2 Å². The summed E-state index contributed by atoms with van der Waals surface area (Å²) in [5.74, 6) is 2.40. The number of benzene rings is 1. The molecule has 2 N–H and O–H groups in total. The summed E-state index contributed by atoms with van der Waals surface area (Å²) in [6.45, 7) is 4.16. The minimum atomic E-state index is 0.233. The van der Waals surface area contributed by atoms with Gasteiger partial charge in [-0.05, 0) is 30.9 Å². The summed E-state index contributed by atoms with van der Waals surface area (Å²) < 4.78 is 10.8. The van der Waals surface area contributed by atoms with Crippen molar-refractivity contribution in [3.8, 4) is 11.5 Å². The Balaban J connectivity index is 2.24. The number of piperidine rings is 1. The lowest BCUT2D eigenvalue weighted by molar-refractivity contribution is 0.349. The number of hydrogen-bond acceptors (Lipinski definition) is 4. The zero-order chi connectivity index (χ0) is 14.5. The highest BCUT2D eigenvalue weighted by Gasteiger charge is 2.26. The fourth-order valence-corrected chi connectivity index (χ4v) is 3.10. The quantitative estimate of drug-likeness (QED) is 0.899. The van der Waals surface area contributed by atoms with Gasteiger partial charge in [-0.2, -0.15) is 0 Å². The predicted octanol–water partition coefficient (Wildman–Crippen LogP) is 2.66. The standard InChI is InChI=1S/C16H26N2O2/c1-4-5-12-8-13(17)11-18(10-12)15-9-14(19-2)6-7-16(15)20-3/h6-7,9,12-13H,4-5,8,10-11,17H2,1-3H3. The molecule has 1 aliphatic heterocycles. The Hall–Kier alpha value is -1.42. The average molecular weight is 278 g/mol. The molecule has 0 amide bonds. The van der Waals surface area contributed by atoms with Gasteiger partial charge in [-0.1, -0.05) is 13.3 Å². The van der Waals surface area contributed by atoms with Gasteiger partial charge in [-0.15, -0.1) is 0 Å². The number of ether oxygens (including phenoxy) is 2. The highest BCUT2D eigenvalue weighted by molar-refractivity contribution is 5.62. The van der Waals surface area contributed by atoms with Gasteiger partial charge in [0.2, 0.25) is 0 Å². The summed E-state index contributed by atoms with van der Waals surface area (Å²) in [5.41, 5.74) is 7.32. The van der Waals surface area contributed by atoms with Gasteiger partial charge in [0.05, 0.1) is 19.9 Å². The second kappa shape index (κ2) is 6.84. The first-order chi connectivity index (χ1) is 9.67. The van der Waals surface area contributed by atoms with Crippen molar-refractivity contribution in [2.24, 2.45) is 11.7 Å². The highest BCUT2D eigenvalue weighted by atomic mass is 16.5. The summed E-state index contributed by atoms with van der Waals surface area (Å²) in [6.07, 6.45) is 3.56. The van der Waals surface area contributed by atoms with E-state index in [4.69, 9.17) is 15.2 Å². The number of hydrogen-bond donors (Lipinski definition) is 1. The lowest BCUT2D eigenvalue weighted by Gasteiger charge is -2.38. The molecule has 1 saturated heterocycles. The molecule has 1 aromatic carbocycles. The van der Waals surface area contributed by atoms with Crippen LogP contribution in [0, 0.1) is 5.92 Å². The third-order valence-corrected chi connectivity index (χ3v) is 3.99. The van der Waals surface area contributed by atoms with Crippen LogP contribution in [0.5, 0.6) is 11.5 Å². The van der Waals surface area contributed by atoms with Gasteiger partial charge in [0, 0.05) is 25.2 Å². The topological polar surface area (TPSA) is 47.7 Å². The molecule has 0 aliphatic carbocycles. The monoisotopic (exact) mass is 278 g/mol. The summed E-state index contributed by atoms with van der Waals surface area (Å²) in [7, 11) is 3.39. The van der Waals surface area contributed by atoms with Gasteiger partial charge in [0.25, 0.3) is 0 Å². The van der Waals surface area contributed by atoms with Crippen LogP contribution in [0.1, 0.15) is 26.2 Å². The lowest BCUT2D eigenvalue weighted by Crippen LogP contribution is -2.47. The van der Waals surface area contributed by atoms with E-state index in [9.17, 15) is 0 Å². The molecule has 2 atom stereocenters. The Bertz CT molecular complexity index is 436. The molecule has 0 aromatic heterocycles. The Morgan fingerprint density at radius 3 is 2.70 bits per heavy atom. The average Bonchev–Trinajstić information content (AvgIpc) is 2.46. The molecule has 112 valence electrons. The van der Waals surface area contributed by atoms with Crippen molar-refractivity contribution < 1.29 is 9.47 Å². The van der Waals surface area contributed by atoms with E-state index >= 15 is 0 Å². The summed E-state index contributed by atoms with van der Waals surface area (Å²) in [4.78, 5) is 2.34. The second-order valence-corrected chi connectivity index (χ2v) is 5.59. The molecule has 1 aromatic rings. The molecule has 0 saturated carbocycles. The fourth-order valence-electron chi connectivity index (χ4n) is 3.10. The first-order valence-corrected chi connectivity index (χ1v) is 7.40. The summed E-state index contributed by atoms with van der Waals surface area (Å²) in [5, 5.41) is 0. The molecule has 1 heterocycles. The minimum absolute atomic E-state index is 0.233. The first kappa shape index (κ1) is 15.0. The minimum Gasteiger partial charge on any atom is -0.497 e. The van der Waals surface area contributed by atoms with E-state index in [1.807, 2.05) is 18.2 Å². The Kier molecular flexibility index (Phi) is 5.12. The van der Waals surface area contributed by atoms with Crippen LogP contribution in [-0.4, -0.2) is 33.4 Å². The van der Waals surface area contributed by atoms with Gasteiger partial charge in [-0.25, -0.2) is 0 Å². The van der Waals surface area contributed by atoms with Crippen molar-refractivity contribution in [3.63, 3.8) is 0 Å². The number of nitrogens with zero attached hydrogens (tertiary/aromatic N) is 1. The summed E-state index contributed by atoms with van der Waals surface area (Å²) >= 11 is 0. The van der Waals surface area contributed by atoms with E-state index in [1.54, 1.807) is 14.2 Å². The molecule has 0 spiro atoms. The van der Waals surface area contributed by atoms with Crippen LogP contribution in [0.3, 0.4) is 0 Å². The first-order valence-electron chi connectivity index (χ1n) is 7.40. The largest absolute Gasteiger partial charge is 0.497 e. The predicted molar refractivity (Wildman–Crippen MR) is 82.7 cm³/mol. The smallest absolute Gasteiger partial charge is 0.142 e. The van der Waals surface area contributed by atoms with Crippen LogP contribution in [-0.2, 0) is 0 Å². The molecular formula is C16H26N2O2. The van der Waals surface area contributed by atoms with Crippen molar-refractivity contribution in [2.75, 3.05) is 32.2 Å². The molecule has 2 unspecified atom stereocenters. The normalized spacial score (nSPS) is 22.7. The van der Waals surface area contributed by atoms with Crippen molar-refractivity contribution in [2.45, 2.75) is 32.2 Å². The third kappa shape index (κ3) is 3.37. The Labute approximate surface area is 121 Å². The Morgan fingerprint density at radius 1 is 1.25 bits per heavy atom. The molecule has 1 aliphatic rings. The maximum Gasteiger partial charge on any atom is 0.142 e. The van der Waals surface area contributed by atoms with Crippen LogP contribution in [0.2, 0.25) is 0 Å². The van der Waals surface area contributed by atoms with Crippen LogP contribution >= 0.6 is 0 Å². The second-order valence-electron chi connectivity index (χ2n) is 5.59. The number of anilines is 1. The number of rotatable bonds is 5. The zero-order valence-electron chi connectivity index (χ0n) is 12.8. The van der Waals surface area contributed by atoms with E-state index in [0.29, 0.717) is 5.92 Å². The van der Waals surface area contributed by atoms with Gasteiger partial charge in [0.15, 0.2) is 0 Å². The van der Waals surface area contributed by atoms with Gasteiger partial charge in [-0.3, -0.25) is 0 Å². The maximum absolute atomic E-state index is 6.23. The van der Waals surface area contributed by atoms with Crippen molar-refractivity contribution >= 4 is 5.69 Å². The van der Waals surface area contributed by atoms with E-state index in [0.717, 1.165) is 36.7 Å². The van der Waals surface area contributed by atoms with E-state index in [2.05, 4.69) is 11.8 Å². The van der Waals surface area contributed by atoms with Crippen molar-refractivity contribution in [3.05, 3.63) is 18.2 Å². The molecule has 2 rings (SSSR count). The Morgan fingerprint density at radius 2 is 2.05 bits per heavy atom. The molecule has 0 radical (unpaired) electrons. The van der Waals surface area contributed by atoms with Crippen LogP contribution in [0.25, 0.3) is 0 Å². The number of nitrogens with two attached hydrogens (primary N) is 1. The van der Waals surface area contributed by atoms with Crippen molar-refractivity contribution in [1.82, 2.24) is 0 Å². The van der Waals surface area contributed by atoms with E-state index in [-0.39, 0.29) is 6.04 Å².